The average molecular weight is 295 g/mol. The lowest BCUT2D eigenvalue weighted by Crippen LogP contribution is -2.14. The minimum Gasteiger partial charge on any atom is -0.497 e. The van der Waals surface area contributed by atoms with Crippen LogP contribution >= 0.6 is 11.6 Å². The van der Waals surface area contributed by atoms with Crippen molar-refractivity contribution in [2.75, 3.05) is 7.11 Å². The second kappa shape index (κ2) is 6.73. The molecular weight excluding hydrogens is 279 g/mol. The van der Waals surface area contributed by atoms with E-state index in [-0.39, 0.29) is 12.2 Å². The van der Waals surface area contributed by atoms with Gasteiger partial charge in [0.25, 0.3) is 0 Å². The highest BCUT2D eigenvalue weighted by Crippen LogP contribution is 2.18. The Hall–Kier alpha value is -1.58. The summed E-state index contributed by atoms with van der Waals surface area (Å²) in [6.45, 7) is 0. The molecule has 2 rings (SSSR count). The highest BCUT2D eigenvalue weighted by molar-refractivity contribution is 6.30. The molecule has 1 atom stereocenters. The second-order valence-corrected chi connectivity index (χ2v) is 5.08. The zero-order valence-corrected chi connectivity index (χ0v) is 11.9. The molecule has 1 N–H and O–H groups in total. The molecule has 0 fully saturated rings. The van der Waals surface area contributed by atoms with Crippen molar-refractivity contribution in [1.82, 2.24) is 0 Å². The van der Waals surface area contributed by atoms with Gasteiger partial charge in [0.1, 0.15) is 11.6 Å². The maximum atomic E-state index is 13.6. The Bertz CT molecular complexity index is 569. The molecule has 0 saturated heterocycles. The molecule has 0 radical (unpaired) electrons. The third kappa shape index (κ3) is 3.95. The van der Waals surface area contributed by atoms with Crippen LogP contribution in [-0.2, 0) is 12.8 Å². The molecule has 0 amide bonds. The van der Waals surface area contributed by atoms with Crippen LogP contribution in [0.1, 0.15) is 11.1 Å². The maximum absolute atomic E-state index is 13.6. The van der Waals surface area contributed by atoms with Gasteiger partial charge >= 0.3 is 0 Å². The largest absolute Gasteiger partial charge is 0.497 e. The zero-order chi connectivity index (χ0) is 14.5. The summed E-state index contributed by atoms with van der Waals surface area (Å²) in [7, 11) is 1.60. The molecule has 0 heterocycles. The molecule has 20 heavy (non-hydrogen) atoms. The van der Waals surface area contributed by atoms with Crippen molar-refractivity contribution in [3.8, 4) is 5.75 Å². The van der Waals surface area contributed by atoms with Crippen molar-refractivity contribution in [3.05, 3.63) is 64.4 Å². The predicted molar refractivity (Wildman–Crippen MR) is 77.8 cm³/mol. The van der Waals surface area contributed by atoms with Crippen molar-refractivity contribution in [3.63, 3.8) is 0 Å². The van der Waals surface area contributed by atoms with E-state index >= 15 is 0 Å². The van der Waals surface area contributed by atoms with E-state index in [1.54, 1.807) is 19.2 Å². The topological polar surface area (TPSA) is 29.5 Å². The van der Waals surface area contributed by atoms with Gasteiger partial charge in [-0.25, -0.2) is 4.39 Å². The highest BCUT2D eigenvalue weighted by atomic mass is 35.5. The van der Waals surface area contributed by atoms with Crippen LogP contribution in [-0.4, -0.2) is 18.3 Å². The van der Waals surface area contributed by atoms with Gasteiger partial charge in [0.2, 0.25) is 0 Å². The average Bonchev–Trinajstić information content (AvgIpc) is 2.43. The summed E-state index contributed by atoms with van der Waals surface area (Å²) >= 11 is 5.70. The minimum absolute atomic E-state index is 0.259. The quantitative estimate of drug-likeness (QED) is 0.912. The standard InChI is InChI=1S/C16H16ClFO2/c1-20-15-6-2-11(3-7-15)8-14(19)9-12-4-5-13(17)10-16(12)18/h2-7,10,14,19H,8-9H2,1H3. The molecule has 106 valence electrons. The molecule has 0 bridgehead atoms. The van der Waals surface area contributed by atoms with Gasteiger partial charge in [-0.15, -0.1) is 0 Å². The van der Waals surface area contributed by atoms with Crippen molar-refractivity contribution in [1.29, 1.82) is 0 Å². The van der Waals surface area contributed by atoms with Gasteiger partial charge in [-0.3, -0.25) is 0 Å². The molecule has 0 aromatic heterocycles. The van der Waals surface area contributed by atoms with E-state index in [4.69, 9.17) is 16.3 Å². The van der Waals surface area contributed by atoms with Gasteiger partial charge in [-0.2, -0.15) is 0 Å². The number of halogens is 2. The number of aliphatic hydroxyl groups excluding tert-OH is 1. The van der Waals surface area contributed by atoms with E-state index in [0.29, 0.717) is 17.0 Å². The third-order valence-electron chi connectivity index (χ3n) is 3.10. The fraction of sp³-hybridized carbons (Fsp3) is 0.250. The number of aliphatic hydroxyl groups is 1. The lowest BCUT2D eigenvalue weighted by molar-refractivity contribution is 0.174. The van der Waals surface area contributed by atoms with Crippen LogP contribution in [0.2, 0.25) is 5.02 Å². The van der Waals surface area contributed by atoms with Crippen molar-refractivity contribution in [2.45, 2.75) is 18.9 Å². The van der Waals surface area contributed by atoms with Crippen LogP contribution in [0.15, 0.2) is 42.5 Å². The number of rotatable bonds is 5. The van der Waals surface area contributed by atoms with Crippen LogP contribution in [0.4, 0.5) is 4.39 Å². The number of methoxy groups -OCH3 is 1. The van der Waals surface area contributed by atoms with E-state index in [1.165, 1.54) is 6.07 Å². The van der Waals surface area contributed by atoms with E-state index in [2.05, 4.69) is 0 Å². The first-order valence-electron chi connectivity index (χ1n) is 6.33. The summed E-state index contributed by atoms with van der Waals surface area (Å²) in [6.07, 6.45) is 0.0836. The zero-order valence-electron chi connectivity index (χ0n) is 11.1. The van der Waals surface area contributed by atoms with Crippen molar-refractivity contribution in [2.24, 2.45) is 0 Å². The van der Waals surface area contributed by atoms with Gasteiger partial charge in [0.05, 0.1) is 13.2 Å². The Balaban J connectivity index is 1.99. The Kier molecular flexibility index (Phi) is 4.99. The molecule has 0 aliphatic rings. The molecule has 2 aromatic carbocycles. The molecule has 4 heteroatoms. The lowest BCUT2D eigenvalue weighted by Gasteiger charge is -2.12. The molecule has 0 aliphatic carbocycles. The van der Waals surface area contributed by atoms with E-state index in [1.807, 2.05) is 24.3 Å². The minimum atomic E-state index is -0.640. The fourth-order valence-corrected chi connectivity index (χ4v) is 2.21. The SMILES string of the molecule is COc1ccc(CC(O)Cc2ccc(Cl)cc2F)cc1. The monoisotopic (exact) mass is 294 g/mol. The summed E-state index contributed by atoms with van der Waals surface area (Å²) in [5, 5.41) is 10.4. The second-order valence-electron chi connectivity index (χ2n) is 4.65. The fourth-order valence-electron chi connectivity index (χ4n) is 2.05. The molecule has 0 saturated carbocycles. The summed E-state index contributed by atoms with van der Waals surface area (Å²) in [5.41, 5.74) is 1.45. The Morgan fingerprint density at radius 3 is 2.45 bits per heavy atom. The molecule has 0 aliphatic heterocycles. The van der Waals surface area contributed by atoms with Crippen LogP contribution in [0.5, 0.6) is 5.75 Å². The normalized spacial score (nSPS) is 12.2. The van der Waals surface area contributed by atoms with E-state index in [0.717, 1.165) is 11.3 Å². The van der Waals surface area contributed by atoms with E-state index < -0.39 is 6.10 Å². The summed E-state index contributed by atoms with van der Waals surface area (Å²) in [6, 6.07) is 11.9. The first-order valence-corrected chi connectivity index (χ1v) is 6.71. The van der Waals surface area contributed by atoms with Gasteiger partial charge in [-0.05, 0) is 41.8 Å². The maximum Gasteiger partial charge on any atom is 0.127 e. The third-order valence-corrected chi connectivity index (χ3v) is 3.34. The predicted octanol–water partition coefficient (Wildman–Crippen LogP) is 3.63. The number of hydrogen-bond acceptors (Lipinski definition) is 2. The molecule has 2 nitrogen and oxygen atoms in total. The van der Waals surface area contributed by atoms with Crippen molar-refractivity contribution < 1.29 is 14.2 Å². The smallest absolute Gasteiger partial charge is 0.127 e. The Labute approximate surface area is 122 Å². The van der Waals surface area contributed by atoms with Gasteiger partial charge < -0.3 is 9.84 Å². The molecule has 2 aromatic rings. The molecule has 0 spiro atoms. The summed E-state index contributed by atoms with van der Waals surface area (Å²) in [5.74, 6) is 0.387. The Morgan fingerprint density at radius 2 is 1.85 bits per heavy atom. The molecule has 1 unspecified atom stereocenters. The first kappa shape index (κ1) is 14.8. The van der Waals surface area contributed by atoms with Crippen LogP contribution in [0, 0.1) is 5.82 Å². The van der Waals surface area contributed by atoms with Gasteiger partial charge in [-0.1, -0.05) is 29.8 Å². The van der Waals surface area contributed by atoms with Crippen LogP contribution in [0.3, 0.4) is 0 Å². The first-order chi connectivity index (χ1) is 9.58. The van der Waals surface area contributed by atoms with Gasteiger partial charge in [0, 0.05) is 11.4 Å². The summed E-state index contributed by atoms with van der Waals surface area (Å²) in [4.78, 5) is 0. The lowest BCUT2D eigenvalue weighted by atomic mass is 10.0. The van der Waals surface area contributed by atoms with Gasteiger partial charge in [0.15, 0.2) is 0 Å². The molecular formula is C16H16ClFO2. The number of ether oxygens (including phenoxy) is 1. The summed E-state index contributed by atoms with van der Waals surface area (Å²) < 4.78 is 18.7. The Morgan fingerprint density at radius 1 is 1.15 bits per heavy atom. The van der Waals surface area contributed by atoms with Crippen LogP contribution < -0.4 is 4.74 Å². The van der Waals surface area contributed by atoms with Crippen LogP contribution in [0.25, 0.3) is 0 Å². The van der Waals surface area contributed by atoms with Crippen molar-refractivity contribution >= 4 is 11.6 Å². The highest BCUT2D eigenvalue weighted by Gasteiger charge is 2.11. The van der Waals surface area contributed by atoms with E-state index in [9.17, 15) is 9.50 Å². The number of benzene rings is 2. The number of hydrogen-bond donors (Lipinski definition) is 1.